The van der Waals surface area contributed by atoms with Crippen molar-refractivity contribution < 1.29 is 9.59 Å². The van der Waals surface area contributed by atoms with Crippen LogP contribution in [0.3, 0.4) is 0 Å². The highest BCUT2D eigenvalue weighted by Gasteiger charge is 2.52. The maximum absolute atomic E-state index is 12.8. The second kappa shape index (κ2) is 5.62. The Balaban J connectivity index is 2.58. The summed E-state index contributed by atoms with van der Waals surface area (Å²) in [5, 5.41) is 3.73. The lowest BCUT2D eigenvalue weighted by Gasteiger charge is -2.27. The number of carbonyl (C=O) groups excluding carboxylic acids is 2. The number of Topliss-reactive ketones (excluding diaryl/α,β-unsaturated/α-hetero) is 1. The van der Waals surface area contributed by atoms with Crippen LogP contribution >= 0.6 is 23.2 Å². The van der Waals surface area contributed by atoms with Gasteiger partial charge in [0.25, 0.3) is 0 Å². The smallest absolute Gasteiger partial charge is 0.236 e. The highest BCUT2D eigenvalue weighted by atomic mass is 35.5. The number of nitrogens with one attached hydrogen (secondary N) is 1. The largest absolute Gasteiger partial charge is 0.343 e. The van der Waals surface area contributed by atoms with Crippen molar-refractivity contribution in [3.05, 3.63) is 33.3 Å². The van der Waals surface area contributed by atoms with Crippen molar-refractivity contribution in [2.75, 3.05) is 0 Å². The van der Waals surface area contributed by atoms with Gasteiger partial charge in [0.2, 0.25) is 5.91 Å². The van der Waals surface area contributed by atoms with Gasteiger partial charge in [0.15, 0.2) is 5.78 Å². The van der Waals surface area contributed by atoms with Crippen molar-refractivity contribution in [1.29, 1.82) is 0 Å². The molecule has 0 aromatic heterocycles. The summed E-state index contributed by atoms with van der Waals surface area (Å²) in [5.74, 6) is -1.25. The minimum absolute atomic E-state index is 0.00935. The summed E-state index contributed by atoms with van der Waals surface area (Å²) in [4.78, 5) is 25.2. The Kier molecular flexibility index (Phi) is 4.36. The van der Waals surface area contributed by atoms with Gasteiger partial charge in [-0.1, -0.05) is 44.0 Å². The maximum Gasteiger partial charge on any atom is 0.236 e. The van der Waals surface area contributed by atoms with Crippen molar-refractivity contribution in [2.45, 2.75) is 45.6 Å². The number of ketones is 1. The van der Waals surface area contributed by atoms with Gasteiger partial charge in [-0.3, -0.25) is 9.59 Å². The summed E-state index contributed by atoms with van der Waals surface area (Å²) in [6.07, 6.45) is 0.658. The molecule has 1 aliphatic heterocycles. The second-order valence-electron chi connectivity index (χ2n) is 5.96. The molecule has 2 atom stereocenters. The van der Waals surface area contributed by atoms with Crippen molar-refractivity contribution in [2.24, 2.45) is 5.92 Å². The highest BCUT2D eigenvalue weighted by Crippen LogP contribution is 2.39. The number of hydrogen-bond acceptors (Lipinski definition) is 2. The summed E-state index contributed by atoms with van der Waals surface area (Å²) < 4.78 is 0. The fourth-order valence-electron chi connectivity index (χ4n) is 2.75. The van der Waals surface area contributed by atoms with E-state index >= 15 is 0 Å². The molecule has 1 N–H and O–H groups in total. The average Bonchev–Trinajstić information content (AvgIpc) is 2.61. The molecule has 1 aromatic carbocycles. The standard InChI is InChI=1S/C16H19Cl2NO2/c1-5-9-6-10(17)7-11(18)12(9)13-14(20)16(4,8(2)3)19-15(13)21/h6-8,13H,5H2,1-4H3,(H,19,21). The van der Waals surface area contributed by atoms with Crippen LogP contribution in [0.4, 0.5) is 0 Å². The van der Waals surface area contributed by atoms with Crippen LogP contribution in [0.15, 0.2) is 12.1 Å². The van der Waals surface area contributed by atoms with E-state index in [-0.39, 0.29) is 17.6 Å². The predicted octanol–water partition coefficient (Wildman–Crippen LogP) is 3.75. The van der Waals surface area contributed by atoms with Gasteiger partial charge in [0.1, 0.15) is 5.92 Å². The minimum Gasteiger partial charge on any atom is -0.343 e. The zero-order chi connectivity index (χ0) is 15.9. The third kappa shape index (κ3) is 2.58. The summed E-state index contributed by atoms with van der Waals surface area (Å²) in [5.41, 5.74) is 0.583. The third-order valence-corrected chi connectivity index (χ3v) is 4.95. The van der Waals surface area contributed by atoms with Crippen molar-refractivity contribution in [3.8, 4) is 0 Å². The van der Waals surface area contributed by atoms with Gasteiger partial charge in [-0.05, 0) is 42.5 Å². The van der Waals surface area contributed by atoms with Crippen molar-refractivity contribution in [3.63, 3.8) is 0 Å². The lowest BCUT2D eigenvalue weighted by molar-refractivity contribution is -0.125. The van der Waals surface area contributed by atoms with E-state index in [1.807, 2.05) is 20.8 Å². The molecule has 1 aromatic rings. The molecule has 1 saturated heterocycles. The number of hydrogen-bond donors (Lipinski definition) is 1. The van der Waals surface area contributed by atoms with E-state index in [2.05, 4.69) is 5.32 Å². The number of rotatable bonds is 3. The topological polar surface area (TPSA) is 46.2 Å². The van der Waals surface area contributed by atoms with Crippen LogP contribution < -0.4 is 5.32 Å². The summed E-state index contributed by atoms with van der Waals surface area (Å²) >= 11 is 12.3. The van der Waals surface area contributed by atoms with E-state index in [0.29, 0.717) is 22.0 Å². The SMILES string of the molecule is CCc1cc(Cl)cc(Cl)c1C1C(=O)NC(C)(C(C)C)C1=O. The third-order valence-electron chi connectivity index (χ3n) is 4.42. The molecule has 1 amide bonds. The summed E-state index contributed by atoms with van der Waals surface area (Å²) in [6.45, 7) is 7.56. The molecule has 1 aliphatic rings. The first-order valence-corrected chi connectivity index (χ1v) is 7.82. The van der Waals surface area contributed by atoms with E-state index in [0.717, 1.165) is 5.56 Å². The van der Waals surface area contributed by atoms with Crippen LogP contribution in [0, 0.1) is 5.92 Å². The maximum atomic E-state index is 12.8. The molecular weight excluding hydrogens is 309 g/mol. The number of halogens is 2. The Labute approximate surface area is 135 Å². The summed E-state index contributed by atoms with van der Waals surface area (Å²) in [6, 6.07) is 3.36. The zero-order valence-electron chi connectivity index (χ0n) is 12.6. The van der Waals surface area contributed by atoms with E-state index in [9.17, 15) is 9.59 Å². The van der Waals surface area contributed by atoms with Gasteiger partial charge >= 0.3 is 0 Å². The van der Waals surface area contributed by atoms with Gasteiger partial charge < -0.3 is 5.32 Å². The number of carbonyl (C=O) groups is 2. The quantitative estimate of drug-likeness (QED) is 0.859. The lowest BCUT2D eigenvalue weighted by atomic mass is 9.80. The monoisotopic (exact) mass is 327 g/mol. The van der Waals surface area contributed by atoms with Gasteiger partial charge in [0, 0.05) is 10.0 Å². The molecule has 21 heavy (non-hydrogen) atoms. The van der Waals surface area contributed by atoms with E-state index < -0.39 is 11.5 Å². The first-order chi connectivity index (χ1) is 9.72. The van der Waals surface area contributed by atoms with Crippen LogP contribution in [-0.4, -0.2) is 17.2 Å². The molecule has 2 rings (SSSR count). The summed E-state index contributed by atoms with van der Waals surface area (Å²) in [7, 11) is 0. The highest BCUT2D eigenvalue weighted by molar-refractivity contribution is 6.36. The molecular formula is C16H19Cl2NO2. The van der Waals surface area contributed by atoms with Crippen LogP contribution in [-0.2, 0) is 16.0 Å². The fourth-order valence-corrected chi connectivity index (χ4v) is 3.40. The average molecular weight is 328 g/mol. The fraction of sp³-hybridized carbons (Fsp3) is 0.500. The molecule has 0 aliphatic carbocycles. The Morgan fingerprint density at radius 1 is 1.29 bits per heavy atom. The number of benzene rings is 1. The molecule has 0 radical (unpaired) electrons. The molecule has 0 bridgehead atoms. The van der Waals surface area contributed by atoms with Crippen LogP contribution in [0.25, 0.3) is 0 Å². The van der Waals surface area contributed by atoms with Crippen LogP contribution in [0.2, 0.25) is 10.0 Å². The molecule has 1 heterocycles. The number of amides is 1. The Bertz CT molecular complexity index is 613. The van der Waals surface area contributed by atoms with E-state index in [1.165, 1.54) is 0 Å². The normalized spacial score (nSPS) is 25.6. The molecule has 0 spiro atoms. The van der Waals surface area contributed by atoms with Crippen molar-refractivity contribution >= 4 is 34.9 Å². The predicted molar refractivity (Wildman–Crippen MR) is 85.0 cm³/mol. The molecule has 2 unspecified atom stereocenters. The Hall–Kier alpha value is -1.06. The molecule has 0 saturated carbocycles. The number of aryl methyl sites for hydroxylation is 1. The van der Waals surface area contributed by atoms with E-state index in [1.54, 1.807) is 19.1 Å². The van der Waals surface area contributed by atoms with Crippen molar-refractivity contribution in [1.82, 2.24) is 5.32 Å². The molecule has 5 heteroatoms. The van der Waals surface area contributed by atoms with Gasteiger partial charge in [-0.2, -0.15) is 0 Å². The zero-order valence-corrected chi connectivity index (χ0v) is 14.1. The molecule has 1 fully saturated rings. The molecule has 3 nitrogen and oxygen atoms in total. The van der Waals surface area contributed by atoms with Gasteiger partial charge in [-0.25, -0.2) is 0 Å². The van der Waals surface area contributed by atoms with Gasteiger partial charge in [-0.15, -0.1) is 0 Å². The van der Waals surface area contributed by atoms with Crippen LogP contribution in [0.1, 0.15) is 44.7 Å². The Morgan fingerprint density at radius 3 is 2.38 bits per heavy atom. The minimum atomic E-state index is -0.851. The lowest BCUT2D eigenvalue weighted by Crippen LogP contribution is -2.48. The van der Waals surface area contributed by atoms with Crippen LogP contribution in [0.5, 0.6) is 0 Å². The first kappa shape index (κ1) is 16.3. The Morgan fingerprint density at radius 2 is 1.90 bits per heavy atom. The van der Waals surface area contributed by atoms with Gasteiger partial charge in [0.05, 0.1) is 5.54 Å². The molecule has 114 valence electrons. The first-order valence-electron chi connectivity index (χ1n) is 7.06. The van der Waals surface area contributed by atoms with E-state index in [4.69, 9.17) is 23.2 Å². The second-order valence-corrected chi connectivity index (χ2v) is 6.80.